The van der Waals surface area contributed by atoms with E-state index < -0.39 is 17.0 Å². The van der Waals surface area contributed by atoms with Crippen molar-refractivity contribution in [3.63, 3.8) is 0 Å². The number of fused-ring (bicyclic) bond motifs is 3. The molecule has 0 radical (unpaired) electrons. The summed E-state index contributed by atoms with van der Waals surface area (Å²) >= 11 is 0. The summed E-state index contributed by atoms with van der Waals surface area (Å²) in [7, 11) is 0. The Morgan fingerprint density at radius 3 is 2.29 bits per heavy atom. The van der Waals surface area contributed by atoms with E-state index in [1.54, 1.807) is 0 Å². The van der Waals surface area contributed by atoms with Crippen LogP contribution in [0.4, 0.5) is 0 Å². The summed E-state index contributed by atoms with van der Waals surface area (Å²) < 4.78 is 0. The maximum Gasteiger partial charge on any atom is 0.309 e. The number of hydrogen-bond acceptors (Lipinski definition) is 2. The van der Waals surface area contributed by atoms with Gasteiger partial charge in [-0.2, -0.15) is 0 Å². The van der Waals surface area contributed by atoms with Crippen molar-refractivity contribution in [2.24, 2.45) is 28.1 Å². The normalized spacial score (nSPS) is 52.1. The number of hydrogen-bond donors (Lipinski definition) is 2. The number of carboxylic acids is 1. The third-order valence-electron chi connectivity index (χ3n) is 8.41. The van der Waals surface area contributed by atoms with Gasteiger partial charge in [-0.1, -0.05) is 26.8 Å². The molecule has 3 aliphatic rings. The van der Waals surface area contributed by atoms with Crippen LogP contribution < -0.4 is 0 Å². The van der Waals surface area contributed by atoms with Crippen LogP contribution in [-0.4, -0.2) is 21.8 Å². The molecule has 24 heavy (non-hydrogen) atoms. The van der Waals surface area contributed by atoms with E-state index in [9.17, 15) is 15.0 Å². The first-order chi connectivity index (χ1) is 11.0. The first-order valence-electron chi connectivity index (χ1n) is 9.60. The average Bonchev–Trinajstić information content (AvgIpc) is 2.54. The summed E-state index contributed by atoms with van der Waals surface area (Å²) in [6, 6.07) is 0. The molecule has 136 valence electrons. The first-order valence-corrected chi connectivity index (χ1v) is 9.60. The van der Waals surface area contributed by atoms with Crippen molar-refractivity contribution in [2.75, 3.05) is 0 Å². The number of aliphatic hydroxyl groups is 1. The summed E-state index contributed by atoms with van der Waals surface area (Å²) in [5, 5.41) is 20.7. The Bertz CT molecular complexity index is 565. The Hall–Kier alpha value is -0.830. The van der Waals surface area contributed by atoms with Crippen molar-refractivity contribution in [2.45, 2.75) is 84.7 Å². The third kappa shape index (κ3) is 2.38. The van der Waals surface area contributed by atoms with Crippen LogP contribution in [0.15, 0.2) is 12.2 Å². The van der Waals surface area contributed by atoms with E-state index in [0.717, 1.165) is 56.9 Å². The lowest BCUT2D eigenvalue weighted by molar-refractivity contribution is -0.176. The molecule has 0 unspecified atom stereocenters. The number of carbonyl (C=O) groups is 1. The van der Waals surface area contributed by atoms with Crippen LogP contribution in [0.1, 0.15) is 79.1 Å². The highest BCUT2D eigenvalue weighted by atomic mass is 16.4. The molecule has 0 aromatic heterocycles. The van der Waals surface area contributed by atoms with Gasteiger partial charge in [0.1, 0.15) is 0 Å². The molecule has 0 saturated heterocycles. The number of rotatable bonds is 1. The maximum absolute atomic E-state index is 12.1. The zero-order valence-corrected chi connectivity index (χ0v) is 15.8. The van der Waals surface area contributed by atoms with Gasteiger partial charge in [-0.25, -0.2) is 0 Å². The predicted octanol–water partition coefficient (Wildman–Crippen LogP) is 4.79. The smallest absolute Gasteiger partial charge is 0.309 e. The monoisotopic (exact) mass is 334 g/mol. The van der Waals surface area contributed by atoms with Gasteiger partial charge in [0.15, 0.2) is 0 Å². The van der Waals surface area contributed by atoms with Crippen molar-refractivity contribution in [1.29, 1.82) is 0 Å². The minimum absolute atomic E-state index is 0.0547. The minimum Gasteiger partial charge on any atom is -0.481 e. The molecule has 0 spiro atoms. The summed E-state index contributed by atoms with van der Waals surface area (Å²) in [5.41, 5.74) is -0.221. The van der Waals surface area contributed by atoms with E-state index in [2.05, 4.69) is 20.4 Å². The second-order valence-electron chi connectivity index (χ2n) is 9.97. The summed E-state index contributed by atoms with van der Waals surface area (Å²) in [6.07, 6.45) is 7.56. The van der Waals surface area contributed by atoms with E-state index in [4.69, 9.17) is 0 Å². The zero-order valence-electron chi connectivity index (χ0n) is 15.8. The standard InChI is InChI=1S/C21H34O3/c1-14-13-18(2)11-7-16-19(3,15(18)8-12-21(14,5)24)9-6-10-20(16,4)17(22)23/h15-16,24H,1,6-13H2,2-5H3,(H,22,23)/t15-,16+,18-,19+,20-,21+/m1/s1. The average molecular weight is 335 g/mol. The van der Waals surface area contributed by atoms with Gasteiger partial charge in [0, 0.05) is 0 Å². The van der Waals surface area contributed by atoms with Gasteiger partial charge in [-0.15, -0.1) is 0 Å². The lowest BCUT2D eigenvalue weighted by atomic mass is 9.42. The fourth-order valence-corrected chi connectivity index (χ4v) is 6.85. The first kappa shape index (κ1) is 18.0. The highest BCUT2D eigenvalue weighted by Crippen LogP contribution is 2.67. The Morgan fingerprint density at radius 1 is 1.04 bits per heavy atom. The lowest BCUT2D eigenvalue weighted by Crippen LogP contribution is -2.57. The molecule has 0 heterocycles. The molecule has 3 fully saturated rings. The zero-order chi connectivity index (χ0) is 18.0. The molecule has 3 nitrogen and oxygen atoms in total. The van der Waals surface area contributed by atoms with E-state index in [1.807, 2.05) is 13.8 Å². The van der Waals surface area contributed by atoms with Crippen molar-refractivity contribution in [3.05, 3.63) is 12.2 Å². The van der Waals surface area contributed by atoms with Gasteiger partial charge in [0.2, 0.25) is 0 Å². The molecular formula is C21H34O3. The molecule has 2 N–H and O–H groups in total. The fourth-order valence-electron chi connectivity index (χ4n) is 6.85. The Kier molecular flexibility index (Phi) is 3.99. The number of carboxylic acid groups (broad SMARTS) is 1. The second-order valence-corrected chi connectivity index (χ2v) is 9.97. The van der Waals surface area contributed by atoms with Crippen LogP contribution in [-0.2, 0) is 4.79 Å². The highest BCUT2D eigenvalue weighted by Gasteiger charge is 2.62. The molecule has 3 heteroatoms. The molecule has 6 atom stereocenters. The van der Waals surface area contributed by atoms with Crippen molar-refractivity contribution in [3.8, 4) is 0 Å². The lowest BCUT2D eigenvalue weighted by Gasteiger charge is -2.62. The maximum atomic E-state index is 12.1. The van der Waals surface area contributed by atoms with Crippen molar-refractivity contribution >= 4 is 5.97 Å². The Labute approximate surface area is 146 Å². The molecule has 3 saturated carbocycles. The van der Waals surface area contributed by atoms with Crippen LogP contribution in [0.5, 0.6) is 0 Å². The fraction of sp³-hybridized carbons (Fsp3) is 0.857. The molecule has 0 aromatic carbocycles. The van der Waals surface area contributed by atoms with Gasteiger partial charge >= 0.3 is 5.97 Å². The molecule has 0 aromatic rings. The quantitative estimate of drug-likeness (QED) is 0.678. The van der Waals surface area contributed by atoms with Crippen LogP contribution in [0.2, 0.25) is 0 Å². The second kappa shape index (κ2) is 5.33. The van der Waals surface area contributed by atoms with Crippen LogP contribution >= 0.6 is 0 Å². The Balaban J connectivity index is 2.02. The van der Waals surface area contributed by atoms with Gasteiger partial charge in [-0.3, -0.25) is 4.79 Å². The van der Waals surface area contributed by atoms with Crippen molar-refractivity contribution in [1.82, 2.24) is 0 Å². The largest absolute Gasteiger partial charge is 0.481 e. The van der Waals surface area contributed by atoms with Crippen LogP contribution in [0.3, 0.4) is 0 Å². The molecule has 0 aliphatic heterocycles. The Morgan fingerprint density at radius 2 is 1.67 bits per heavy atom. The minimum atomic E-state index is -0.781. The van der Waals surface area contributed by atoms with Crippen molar-refractivity contribution < 1.29 is 15.0 Å². The highest BCUT2D eigenvalue weighted by molar-refractivity contribution is 5.75. The van der Waals surface area contributed by atoms with E-state index >= 15 is 0 Å². The van der Waals surface area contributed by atoms with Gasteiger partial charge < -0.3 is 10.2 Å². The van der Waals surface area contributed by atoms with Gasteiger partial charge in [0.05, 0.1) is 11.0 Å². The predicted molar refractivity (Wildman–Crippen MR) is 95.6 cm³/mol. The van der Waals surface area contributed by atoms with E-state index in [1.165, 1.54) is 0 Å². The summed E-state index contributed by atoms with van der Waals surface area (Å²) in [6.45, 7) is 12.8. The number of aliphatic carboxylic acids is 1. The van der Waals surface area contributed by atoms with Gasteiger partial charge in [-0.05, 0) is 87.0 Å². The van der Waals surface area contributed by atoms with Crippen LogP contribution in [0, 0.1) is 28.1 Å². The summed E-state index contributed by atoms with van der Waals surface area (Å²) in [4.78, 5) is 12.1. The SMILES string of the molecule is C=C1C[C@@]2(C)CC[C@H]3[C@@](C)(CCC[C@@]3(C)C(=O)O)[C@@H]2CC[C@]1(C)O. The summed E-state index contributed by atoms with van der Waals surface area (Å²) in [5.74, 6) is 0.0890. The molecule has 0 amide bonds. The van der Waals surface area contributed by atoms with Crippen LogP contribution in [0.25, 0.3) is 0 Å². The third-order valence-corrected chi connectivity index (χ3v) is 8.41. The van der Waals surface area contributed by atoms with Gasteiger partial charge in [0.25, 0.3) is 0 Å². The molecule has 0 bridgehead atoms. The molecular weight excluding hydrogens is 300 g/mol. The van der Waals surface area contributed by atoms with E-state index in [0.29, 0.717) is 5.92 Å². The topological polar surface area (TPSA) is 57.5 Å². The van der Waals surface area contributed by atoms with E-state index in [-0.39, 0.29) is 16.7 Å². The molecule has 3 rings (SSSR count). The molecule has 3 aliphatic carbocycles.